The van der Waals surface area contributed by atoms with E-state index in [1.54, 1.807) is 18.5 Å². The Bertz CT molecular complexity index is 228. The first-order valence-corrected chi connectivity index (χ1v) is 13.2. The van der Waals surface area contributed by atoms with Crippen LogP contribution in [0.15, 0.2) is 11.9 Å². The van der Waals surface area contributed by atoms with Gasteiger partial charge in [-0.25, -0.2) is 0 Å². The van der Waals surface area contributed by atoms with Crippen LogP contribution in [0, 0.1) is 0 Å². The zero-order chi connectivity index (χ0) is 13.2. The van der Waals surface area contributed by atoms with E-state index in [1.807, 2.05) is 0 Å². The summed E-state index contributed by atoms with van der Waals surface area (Å²) in [5.74, 6) is 2.61. The highest BCUT2D eigenvalue weighted by Crippen LogP contribution is 2.45. The van der Waals surface area contributed by atoms with Crippen molar-refractivity contribution in [3.05, 3.63) is 11.9 Å². The van der Waals surface area contributed by atoms with Gasteiger partial charge in [-0.2, -0.15) is 0 Å². The van der Waals surface area contributed by atoms with Gasteiger partial charge in [0.1, 0.15) is 0 Å². The summed E-state index contributed by atoms with van der Waals surface area (Å²) in [6.45, 7) is 7.20. The summed E-state index contributed by atoms with van der Waals surface area (Å²) >= 11 is 0. The van der Waals surface area contributed by atoms with E-state index in [2.05, 4.69) is 32.7 Å². The third kappa shape index (κ3) is 6.98. The van der Waals surface area contributed by atoms with Crippen molar-refractivity contribution >= 4 is 23.8 Å². The molecule has 1 aliphatic rings. The van der Waals surface area contributed by atoms with Gasteiger partial charge < -0.3 is 0 Å². The van der Waals surface area contributed by atoms with Gasteiger partial charge in [0.05, 0.1) is 0 Å². The summed E-state index contributed by atoms with van der Waals surface area (Å²) < 4.78 is 0. The maximum atomic E-state index is 2.61. The van der Waals surface area contributed by atoms with Crippen LogP contribution in [0.2, 0.25) is 0 Å². The number of rotatable bonds is 3. The van der Waals surface area contributed by atoms with Crippen LogP contribution in [-0.2, 0) is 0 Å². The van der Waals surface area contributed by atoms with E-state index in [4.69, 9.17) is 0 Å². The number of hydrogen-bond donors (Lipinski definition) is 0. The Morgan fingerprint density at radius 2 is 1.39 bits per heavy atom. The Morgan fingerprint density at radius 1 is 0.778 bits per heavy atom. The Labute approximate surface area is 119 Å². The van der Waals surface area contributed by atoms with Gasteiger partial charge >= 0.3 is 0 Å². The van der Waals surface area contributed by atoms with E-state index in [9.17, 15) is 0 Å². The van der Waals surface area contributed by atoms with E-state index in [0.29, 0.717) is 15.8 Å². The lowest BCUT2D eigenvalue weighted by atomic mass is 10.6. The van der Waals surface area contributed by atoms with Crippen LogP contribution in [0.4, 0.5) is 0 Å². The molecule has 0 aromatic carbocycles. The standard InChI is InChI=1S/C15H31P3/c1-4-16-10-7-12-17(5-2)14-9-15-18(6-3)13-8-11-16/h7,10H,4-6,8-9,11-15H2,1-3H3/b10-7-. The topological polar surface area (TPSA) is 0 Å². The van der Waals surface area contributed by atoms with E-state index in [1.165, 1.54) is 43.7 Å². The quantitative estimate of drug-likeness (QED) is 0.578. The van der Waals surface area contributed by atoms with E-state index in [0.717, 1.165) is 0 Å². The first kappa shape index (κ1) is 17.1. The minimum atomic E-state index is 0.229. The molecule has 18 heavy (non-hydrogen) atoms. The highest BCUT2D eigenvalue weighted by molar-refractivity contribution is 7.61. The summed E-state index contributed by atoms with van der Waals surface area (Å²) in [7, 11) is 0.939. The molecule has 1 aliphatic heterocycles. The fourth-order valence-electron chi connectivity index (χ4n) is 2.51. The van der Waals surface area contributed by atoms with Gasteiger partial charge in [-0.05, 0) is 62.1 Å². The van der Waals surface area contributed by atoms with Crippen molar-refractivity contribution in [1.29, 1.82) is 0 Å². The average molecular weight is 304 g/mol. The van der Waals surface area contributed by atoms with Crippen LogP contribution in [-0.4, -0.2) is 49.3 Å². The van der Waals surface area contributed by atoms with Crippen LogP contribution < -0.4 is 0 Å². The average Bonchev–Trinajstić information content (AvgIpc) is 2.39. The van der Waals surface area contributed by atoms with Crippen molar-refractivity contribution < 1.29 is 0 Å². The van der Waals surface area contributed by atoms with Crippen molar-refractivity contribution in [2.24, 2.45) is 0 Å². The molecule has 0 radical (unpaired) electrons. The van der Waals surface area contributed by atoms with Crippen molar-refractivity contribution in [3.8, 4) is 0 Å². The second-order valence-electron chi connectivity index (χ2n) is 5.05. The van der Waals surface area contributed by atoms with E-state index < -0.39 is 0 Å². The summed E-state index contributed by atoms with van der Waals surface area (Å²) in [4.78, 5) is 0. The highest BCUT2D eigenvalue weighted by Gasteiger charge is 2.11. The van der Waals surface area contributed by atoms with Crippen molar-refractivity contribution in [2.75, 3.05) is 49.3 Å². The molecule has 0 amide bonds. The van der Waals surface area contributed by atoms with Gasteiger partial charge in [-0.15, -0.1) is 15.8 Å². The third-order valence-corrected chi connectivity index (χ3v) is 11.5. The molecule has 3 atom stereocenters. The van der Waals surface area contributed by atoms with Gasteiger partial charge in [-0.3, -0.25) is 0 Å². The molecule has 1 rings (SSSR count). The highest BCUT2D eigenvalue weighted by atomic mass is 31.1. The van der Waals surface area contributed by atoms with Crippen molar-refractivity contribution in [3.63, 3.8) is 0 Å². The van der Waals surface area contributed by atoms with Crippen LogP contribution >= 0.6 is 23.8 Å². The molecular weight excluding hydrogens is 273 g/mol. The largest absolute Gasteiger partial charge is 0.107 e. The fourth-order valence-corrected chi connectivity index (χ4v) is 8.65. The molecule has 0 N–H and O–H groups in total. The molecule has 0 spiro atoms. The molecule has 0 bridgehead atoms. The maximum absolute atomic E-state index is 2.61. The lowest BCUT2D eigenvalue weighted by molar-refractivity contribution is 1.05. The zero-order valence-electron chi connectivity index (χ0n) is 12.6. The number of hydrogen-bond acceptors (Lipinski definition) is 0. The lowest BCUT2D eigenvalue weighted by Gasteiger charge is -2.21. The molecule has 0 nitrogen and oxygen atoms in total. The molecule has 3 heteroatoms. The Kier molecular flexibility index (Phi) is 10.2. The first-order valence-electron chi connectivity index (χ1n) is 7.65. The van der Waals surface area contributed by atoms with Crippen molar-refractivity contribution in [1.82, 2.24) is 0 Å². The second kappa shape index (κ2) is 10.8. The van der Waals surface area contributed by atoms with Crippen LogP contribution in [0.25, 0.3) is 0 Å². The Morgan fingerprint density at radius 3 is 2.00 bits per heavy atom. The van der Waals surface area contributed by atoms with Gasteiger partial charge in [0, 0.05) is 0 Å². The SMILES string of the molecule is CCP1/C=C\CP(CC)CCCP(CC)CCC1. The summed E-state index contributed by atoms with van der Waals surface area (Å²) in [6.07, 6.45) is 17.5. The predicted octanol–water partition coefficient (Wildman–Crippen LogP) is 5.80. The minimum Gasteiger partial charge on any atom is -0.107 e. The minimum absolute atomic E-state index is 0.229. The molecule has 0 saturated heterocycles. The number of allylic oxidation sites excluding steroid dienone is 1. The van der Waals surface area contributed by atoms with Crippen molar-refractivity contribution in [2.45, 2.75) is 33.6 Å². The summed E-state index contributed by atoms with van der Waals surface area (Å²) in [6, 6.07) is 0. The van der Waals surface area contributed by atoms with Gasteiger partial charge in [0.2, 0.25) is 0 Å². The monoisotopic (exact) mass is 304 g/mol. The summed E-state index contributed by atoms with van der Waals surface area (Å²) in [5.41, 5.74) is 0. The lowest BCUT2D eigenvalue weighted by Crippen LogP contribution is -2.00. The van der Waals surface area contributed by atoms with E-state index >= 15 is 0 Å². The molecule has 0 aromatic rings. The molecule has 0 saturated carbocycles. The molecule has 0 fully saturated rings. The normalized spacial score (nSPS) is 33.4. The van der Waals surface area contributed by atoms with Gasteiger partial charge in [-0.1, -0.05) is 40.6 Å². The molecule has 0 aliphatic carbocycles. The van der Waals surface area contributed by atoms with Gasteiger partial charge in [0.25, 0.3) is 0 Å². The fraction of sp³-hybridized carbons (Fsp3) is 0.867. The van der Waals surface area contributed by atoms with E-state index in [-0.39, 0.29) is 7.92 Å². The molecule has 3 unspecified atom stereocenters. The Hall–Kier alpha value is 1.03. The van der Waals surface area contributed by atoms with Crippen LogP contribution in [0.5, 0.6) is 0 Å². The van der Waals surface area contributed by atoms with Crippen LogP contribution in [0.1, 0.15) is 33.6 Å². The molecule has 1 heterocycles. The predicted molar refractivity (Wildman–Crippen MR) is 95.1 cm³/mol. The molecular formula is C15H31P3. The summed E-state index contributed by atoms with van der Waals surface area (Å²) in [5, 5.41) is 0. The molecule has 106 valence electrons. The maximum Gasteiger partial charge on any atom is -0.0141 e. The second-order valence-corrected chi connectivity index (χ2v) is 13.3. The van der Waals surface area contributed by atoms with Gasteiger partial charge in [0.15, 0.2) is 0 Å². The molecule has 0 aromatic heterocycles. The van der Waals surface area contributed by atoms with Crippen LogP contribution in [0.3, 0.4) is 0 Å². The Balaban J connectivity index is 2.54. The smallest absolute Gasteiger partial charge is 0.0141 e. The third-order valence-electron chi connectivity index (χ3n) is 3.85. The zero-order valence-corrected chi connectivity index (χ0v) is 15.3. The first-order chi connectivity index (χ1) is 8.80.